The fraction of sp³-hybridized carbons (Fsp3) is 0.877. The first kappa shape index (κ1) is 64.3. The van der Waals surface area contributed by atoms with Crippen molar-refractivity contribution >= 4 is 5.91 Å². The molecular formula is C57H107NO10. The van der Waals surface area contributed by atoms with Crippen molar-refractivity contribution in [3.05, 3.63) is 36.5 Å². The van der Waals surface area contributed by atoms with Gasteiger partial charge in [-0.15, -0.1) is 0 Å². The number of unbranched alkanes of at least 4 members (excludes halogenated alkanes) is 30. The van der Waals surface area contributed by atoms with Gasteiger partial charge in [0.05, 0.1) is 25.4 Å². The number of nitrogens with one attached hydrogen (secondary N) is 1. The van der Waals surface area contributed by atoms with Gasteiger partial charge in [-0.25, -0.2) is 0 Å². The molecule has 0 aromatic rings. The van der Waals surface area contributed by atoms with E-state index in [9.17, 15) is 40.5 Å². The summed E-state index contributed by atoms with van der Waals surface area (Å²) in [5.41, 5.74) is 0. The average molecular weight is 966 g/mol. The van der Waals surface area contributed by atoms with Gasteiger partial charge in [0.15, 0.2) is 6.29 Å². The Bertz CT molecular complexity index is 1200. The molecule has 0 saturated carbocycles. The first-order valence-corrected chi connectivity index (χ1v) is 28.4. The van der Waals surface area contributed by atoms with Crippen LogP contribution in [-0.2, 0) is 14.3 Å². The summed E-state index contributed by atoms with van der Waals surface area (Å²) in [6.45, 7) is 3.45. The Balaban J connectivity index is 2.36. The van der Waals surface area contributed by atoms with Crippen molar-refractivity contribution < 1.29 is 50.0 Å². The second-order valence-corrected chi connectivity index (χ2v) is 20.0. The predicted molar refractivity (Wildman–Crippen MR) is 279 cm³/mol. The lowest BCUT2D eigenvalue weighted by molar-refractivity contribution is -0.303. The molecule has 1 amide bonds. The van der Waals surface area contributed by atoms with E-state index < -0.39 is 74.2 Å². The molecule has 1 fully saturated rings. The number of aliphatic hydroxyl groups excluding tert-OH is 7. The molecule has 1 aliphatic rings. The van der Waals surface area contributed by atoms with Crippen molar-refractivity contribution in [3.63, 3.8) is 0 Å². The Hall–Kier alpha value is -1.67. The van der Waals surface area contributed by atoms with Gasteiger partial charge in [-0.2, -0.15) is 0 Å². The van der Waals surface area contributed by atoms with Crippen LogP contribution in [-0.4, -0.2) is 110 Å². The summed E-state index contributed by atoms with van der Waals surface area (Å²) in [5, 5.41) is 76.0. The van der Waals surface area contributed by atoms with Crippen molar-refractivity contribution in [2.24, 2.45) is 0 Å². The number of carbonyl (C=O) groups excluding carboxylic acids is 1. The van der Waals surface area contributed by atoms with Crippen LogP contribution in [0.5, 0.6) is 0 Å². The van der Waals surface area contributed by atoms with Gasteiger partial charge in [0, 0.05) is 0 Å². The summed E-state index contributed by atoms with van der Waals surface area (Å²) in [5.74, 6) is -0.710. The molecule has 68 heavy (non-hydrogen) atoms. The summed E-state index contributed by atoms with van der Waals surface area (Å²) in [7, 11) is 0. The van der Waals surface area contributed by atoms with Crippen molar-refractivity contribution in [3.8, 4) is 0 Å². The summed E-state index contributed by atoms with van der Waals surface area (Å²) in [6, 6.07) is -1.19. The Labute approximate surface area is 416 Å². The Morgan fingerprint density at radius 1 is 0.500 bits per heavy atom. The highest BCUT2D eigenvalue weighted by Crippen LogP contribution is 2.23. The number of aliphatic hydroxyl groups is 7. The standard InChI is InChI=1S/C57H107NO10/c1-3-5-7-9-11-13-15-17-19-21-22-23-24-25-26-27-28-29-31-32-34-36-38-40-42-44-49(60)52(62)48(47-67-57-55(65)54(64)53(63)51(46-59)68-57)58-56(66)50(61)45-43-41-39-37-35-33-30-20-18-16-14-12-10-8-6-4-2/h25-26,29,31,36,38,48-55,57,59-65H,3-24,27-28,30,32-35,37,39-47H2,1-2H3,(H,58,66)/b26-25+,31-29+,38-36+. The number of carbonyl (C=O) groups is 1. The molecule has 400 valence electrons. The van der Waals surface area contributed by atoms with E-state index in [-0.39, 0.29) is 12.8 Å². The number of hydrogen-bond acceptors (Lipinski definition) is 10. The summed E-state index contributed by atoms with van der Waals surface area (Å²) < 4.78 is 11.1. The van der Waals surface area contributed by atoms with Gasteiger partial charge in [-0.1, -0.05) is 224 Å². The van der Waals surface area contributed by atoms with Crippen LogP contribution in [0.4, 0.5) is 0 Å². The van der Waals surface area contributed by atoms with E-state index in [1.807, 2.05) is 0 Å². The number of ether oxygens (including phenoxy) is 2. The monoisotopic (exact) mass is 966 g/mol. The average Bonchev–Trinajstić information content (AvgIpc) is 3.34. The van der Waals surface area contributed by atoms with Gasteiger partial charge in [0.25, 0.3) is 0 Å². The van der Waals surface area contributed by atoms with Crippen molar-refractivity contribution in [2.45, 2.75) is 306 Å². The minimum absolute atomic E-state index is 0.242. The maximum atomic E-state index is 13.1. The molecule has 1 heterocycles. The molecule has 1 aliphatic heterocycles. The molecule has 1 rings (SSSR count). The quantitative estimate of drug-likeness (QED) is 0.0215. The van der Waals surface area contributed by atoms with Gasteiger partial charge in [-0.3, -0.25) is 4.79 Å². The van der Waals surface area contributed by atoms with Gasteiger partial charge in [0.1, 0.15) is 36.6 Å². The molecule has 8 N–H and O–H groups in total. The van der Waals surface area contributed by atoms with Crippen LogP contribution in [0.15, 0.2) is 36.5 Å². The Kier molecular flexibility index (Phi) is 43.9. The van der Waals surface area contributed by atoms with E-state index in [2.05, 4.69) is 55.6 Å². The molecule has 11 nitrogen and oxygen atoms in total. The van der Waals surface area contributed by atoms with Gasteiger partial charge < -0.3 is 50.5 Å². The third kappa shape index (κ3) is 34.6. The third-order valence-corrected chi connectivity index (χ3v) is 13.7. The van der Waals surface area contributed by atoms with Gasteiger partial charge in [0.2, 0.25) is 5.91 Å². The van der Waals surface area contributed by atoms with E-state index in [1.54, 1.807) is 0 Å². The fourth-order valence-electron chi connectivity index (χ4n) is 9.00. The van der Waals surface area contributed by atoms with E-state index in [0.717, 1.165) is 44.9 Å². The smallest absolute Gasteiger partial charge is 0.249 e. The van der Waals surface area contributed by atoms with Gasteiger partial charge >= 0.3 is 0 Å². The zero-order valence-corrected chi connectivity index (χ0v) is 43.6. The number of hydrogen-bond donors (Lipinski definition) is 8. The third-order valence-electron chi connectivity index (χ3n) is 13.7. The van der Waals surface area contributed by atoms with Crippen molar-refractivity contribution in [2.75, 3.05) is 13.2 Å². The van der Waals surface area contributed by atoms with Crippen LogP contribution in [0.1, 0.15) is 251 Å². The SMILES string of the molecule is CCCCCCCCCCCCCC/C=C/CC/C=C/CC/C=C/CCCC(O)C(O)C(COC1OC(CO)C(O)C(O)C1O)NC(=O)C(O)CCCCCCCCCCCCCCCCCC. The fourth-order valence-corrected chi connectivity index (χ4v) is 9.00. The normalized spacial score (nSPS) is 20.8. The first-order chi connectivity index (χ1) is 33.2. The Morgan fingerprint density at radius 2 is 0.882 bits per heavy atom. The summed E-state index contributed by atoms with van der Waals surface area (Å²) >= 11 is 0. The summed E-state index contributed by atoms with van der Waals surface area (Å²) in [6.07, 6.45) is 44.8. The van der Waals surface area contributed by atoms with Crippen molar-refractivity contribution in [1.29, 1.82) is 0 Å². The van der Waals surface area contributed by atoms with Crippen LogP contribution < -0.4 is 5.32 Å². The number of rotatable bonds is 48. The van der Waals surface area contributed by atoms with Crippen LogP contribution in [0, 0.1) is 0 Å². The molecule has 0 spiro atoms. The lowest BCUT2D eigenvalue weighted by atomic mass is 9.98. The molecule has 11 heteroatoms. The van der Waals surface area contributed by atoms with Crippen molar-refractivity contribution in [1.82, 2.24) is 5.32 Å². The number of amides is 1. The molecule has 0 aromatic carbocycles. The molecule has 1 saturated heterocycles. The molecule has 9 atom stereocenters. The van der Waals surface area contributed by atoms with E-state index >= 15 is 0 Å². The molecule has 9 unspecified atom stereocenters. The summed E-state index contributed by atoms with van der Waals surface area (Å²) in [4.78, 5) is 13.1. The maximum absolute atomic E-state index is 13.1. The Morgan fingerprint density at radius 3 is 1.31 bits per heavy atom. The zero-order chi connectivity index (χ0) is 49.7. The maximum Gasteiger partial charge on any atom is 0.249 e. The van der Waals surface area contributed by atoms with E-state index in [1.165, 1.54) is 161 Å². The number of allylic oxidation sites excluding steroid dienone is 6. The van der Waals surface area contributed by atoms with Crippen LogP contribution in [0.2, 0.25) is 0 Å². The van der Waals surface area contributed by atoms with Gasteiger partial charge in [-0.05, 0) is 64.2 Å². The first-order valence-electron chi connectivity index (χ1n) is 28.4. The van der Waals surface area contributed by atoms with Crippen LogP contribution in [0.25, 0.3) is 0 Å². The van der Waals surface area contributed by atoms with E-state index in [4.69, 9.17) is 9.47 Å². The predicted octanol–water partition coefficient (Wildman–Crippen LogP) is 11.5. The second-order valence-electron chi connectivity index (χ2n) is 20.0. The topological polar surface area (TPSA) is 189 Å². The molecule has 0 radical (unpaired) electrons. The molecule has 0 aromatic heterocycles. The lowest BCUT2D eigenvalue weighted by Gasteiger charge is -2.40. The lowest BCUT2D eigenvalue weighted by Crippen LogP contribution is -2.60. The molecule has 0 aliphatic carbocycles. The highest BCUT2D eigenvalue weighted by atomic mass is 16.7. The second kappa shape index (κ2) is 46.4. The minimum Gasteiger partial charge on any atom is -0.394 e. The van der Waals surface area contributed by atoms with Crippen LogP contribution in [0.3, 0.4) is 0 Å². The molecule has 0 bridgehead atoms. The molecular weight excluding hydrogens is 859 g/mol. The van der Waals surface area contributed by atoms with E-state index in [0.29, 0.717) is 19.3 Å². The highest BCUT2D eigenvalue weighted by molar-refractivity contribution is 5.80. The highest BCUT2D eigenvalue weighted by Gasteiger charge is 2.44. The minimum atomic E-state index is -1.67. The zero-order valence-electron chi connectivity index (χ0n) is 43.6. The largest absolute Gasteiger partial charge is 0.394 e. The van der Waals surface area contributed by atoms with Crippen LogP contribution >= 0.6 is 0 Å².